The second-order valence-electron chi connectivity index (χ2n) is 5.23. The molecular formula is C13H21N5O3. The van der Waals surface area contributed by atoms with Crippen molar-refractivity contribution < 1.29 is 9.66 Å². The van der Waals surface area contributed by atoms with Crippen LogP contribution in [0.4, 0.5) is 17.3 Å². The summed E-state index contributed by atoms with van der Waals surface area (Å²) >= 11 is 0. The predicted molar refractivity (Wildman–Crippen MR) is 80.1 cm³/mol. The lowest BCUT2D eigenvalue weighted by Crippen LogP contribution is -2.38. The van der Waals surface area contributed by atoms with Crippen LogP contribution in [0.1, 0.15) is 19.8 Å². The van der Waals surface area contributed by atoms with E-state index in [0.717, 1.165) is 0 Å². The number of anilines is 2. The standard InChI is InChI=1S/C13H21N5O3/c1-9(10-3-4-10)17(5-6-21-2)13-8-11(18(19)20)7-12(15-13)16-14/h7-10H,3-6,14H2,1-2H3,(H,15,16). The van der Waals surface area contributed by atoms with E-state index < -0.39 is 4.92 Å². The second kappa shape index (κ2) is 6.68. The maximum absolute atomic E-state index is 11.0. The van der Waals surface area contributed by atoms with Crippen LogP contribution in [0.5, 0.6) is 0 Å². The van der Waals surface area contributed by atoms with Gasteiger partial charge in [0.05, 0.1) is 23.7 Å². The number of nitro groups is 1. The molecule has 116 valence electrons. The van der Waals surface area contributed by atoms with Crippen molar-refractivity contribution in [1.82, 2.24) is 4.98 Å². The fourth-order valence-corrected chi connectivity index (χ4v) is 2.38. The zero-order valence-electron chi connectivity index (χ0n) is 12.3. The molecular weight excluding hydrogens is 274 g/mol. The van der Waals surface area contributed by atoms with Gasteiger partial charge in [-0.15, -0.1) is 0 Å². The third kappa shape index (κ3) is 3.79. The van der Waals surface area contributed by atoms with Crippen molar-refractivity contribution in [3.8, 4) is 0 Å². The molecule has 1 aliphatic rings. The molecule has 1 aromatic heterocycles. The Kier molecular flexibility index (Phi) is 4.92. The molecule has 0 spiro atoms. The summed E-state index contributed by atoms with van der Waals surface area (Å²) in [6.07, 6.45) is 2.36. The molecule has 0 bridgehead atoms. The Bertz CT molecular complexity index is 507. The Balaban J connectivity index is 2.32. The first-order valence-corrected chi connectivity index (χ1v) is 6.95. The summed E-state index contributed by atoms with van der Waals surface area (Å²) in [5.41, 5.74) is 2.35. The van der Waals surface area contributed by atoms with Crippen molar-refractivity contribution in [1.29, 1.82) is 0 Å². The lowest BCUT2D eigenvalue weighted by molar-refractivity contribution is -0.384. The van der Waals surface area contributed by atoms with E-state index in [1.165, 1.54) is 25.0 Å². The molecule has 1 atom stereocenters. The second-order valence-corrected chi connectivity index (χ2v) is 5.23. The molecule has 2 rings (SSSR count). The van der Waals surface area contributed by atoms with E-state index in [9.17, 15) is 10.1 Å². The number of nitrogen functional groups attached to an aromatic ring is 1. The van der Waals surface area contributed by atoms with Gasteiger partial charge in [0.15, 0.2) is 0 Å². The number of nitrogens with zero attached hydrogens (tertiary/aromatic N) is 3. The number of ether oxygens (including phenoxy) is 1. The van der Waals surface area contributed by atoms with Crippen molar-refractivity contribution in [2.75, 3.05) is 30.6 Å². The molecule has 0 saturated heterocycles. The van der Waals surface area contributed by atoms with Gasteiger partial charge in [-0.3, -0.25) is 10.1 Å². The van der Waals surface area contributed by atoms with Gasteiger partial charge in [0, 0.05) is 19.7 Å². The molecule has 1 saturated carbocycles. The maximum Gasteiger partial charge on any atom is 0.276 e. The first-order chi connectivity index (χ1) is 10.1. The number of hydrogen-bond acceptors (Lipinski definition) is 7. The number of hydrazine groups is 1. The van der Waals surface area contributed by atoms with Crippen LogP contribution < -0.4 is 16.2 Å². The topological polar surface area (TPSA) is 107 Å². The van der Waals surface area contributed by atoms with Crippen LogP contribution >= 0.6 is 0 Å². The largest absolute Gasteiger partial charge is 0.383 e. The Labute approximate surface area is 123 Å². The van der Waals surface area contributed by atoms with Crippen molar-refractivity contribution >= 4 is 17.3 Å². The molecule has 3 N–H and O–H groups in total. The van der Waals surface area contributed by atoms with Crippen LogP contribution in [0, 0.1) is 16.0 Å². The number of pyridine rings is 1. The lowest BCUT2D eigenvalue weighted by atomic mass is 10.1. The molecule has 1 unspecified atom stereocenters. The molecule has 0 radical (unpaired) electrons. The summed E-state index contributed by atoms with van der Waals surface area (Å²) in [5.74, 6) is 6.80. The van der Waals surface area contributed by atoms with Crippen molar-refractivity contribution in [2.45, 2.75) is 25.8 Å². The maximum atomic E-state index is 11.0. The number of nitrogens with two attached hydrogens (primary N) is 1. The van der Waals surface area contributed by atoms with Crippen LogP contribution in [0.3, 0.4) is 0 Å². The van der Waals surface area contributed by atoms with Gasteiger partial charge in [-0.25, -0.2) is 10.8 Å². The van der Waals surface area contributed by atoms with Crippen molar-refractivity contribution in [2.24, 2.45) is 11.8 Å². The first kappa shape index (κ1) is 15.5. The normalized spacial score (nSPS) is 15.6. The first-order valence-electron chi connectivity index (χ1n) is 6.95. The van der Waals surface area contributed by atoms with Gasteiger partial charge in [-0.1, -0.05) is 0 Å². The predicted octanol–water partition coefficient (Wildman–Crippen LogP) is 1.53. The molecule has 1 aromatic rings. The molecule has 0 aliphatic heterocycles. The molecule has 0 amide bonds. The molecule has 1 heterocycles. The molecule has 21 heavy (non-hydrogen) atoms. The third-order valence-corrected chi connectivity index (χ3v) is 3.78. The summed E-state index contributed by atoms with van der Waals surface area (Å²) in [6, 6.07) is 3.06. The fourth-order valence-electron chi connectivity index (χ4n) is 2.38. The highest BCUT2D eigenvalue weighted by atomic mass is 16.6. The van der Waals surface area contributed by atoms with Crippen LogP contribution in [0.25, 0.3) is 0 Å². The van der Waals surface area contributed by atoms with E-state index in [1.54, 1.807) is 7.11 Å². The van der Waals surface area contributed by atoms with Crippen LogP contribution in [0.15, 0.2) is 12.1 Å². The van der Waals surface area contributed by atoms with Gasteiger partial charge in [0.25, 0.3) is 5.69 Å². The number of aromatic nitrogens is 1. The fraction of sp³-hybridized carbons (Fsp3) is 0.615. The highest BCUT2D eigenvalue weighted by Gasteiger charge is 2.33. The molecule has 8 heteroatoms. The summed E-state index contributed by atoms with van der Waals surface area (Å²) < 4.78 is 5.13. The third-order valence-electron chi connectivity index (χ3n) is 3.78. The van der Waals surface area contributed by atoms with Gasteiger partial charge in [0.2, 0.25) is 0 Å². The number of nitrogens with one attached hydrogen (secondary N) is 1. The van der Waals surface area contributed by atoms with E-state index in [1.807, 2.05) is 0 Å². The van der Waals surface area contributed by atoms with Crippen LogP contribution in [-0.4, -0.2) is 36.2 Å². The SMILES string of the molecule is COCCN(c1cc([N+](=O)[O-])cc(NN)n1)C(C)C1CC1. The quantitative estimate of drug-likeness (QED) is 0.425. The van der Waals surface area contributed by atoms with E-state index in [2.05, 4.69) is 22.2 Å². The highest BCUT2D eigenvalue weighted by molar-refractivity contribution is 5.56. The minimum Gasteiger partial charge on any atom is -0.383 e. The zero-order valence-corrected chi connectivity index (χ0v) is 12.3. The summed E-state index contributed by atoms with van der Waals surface area (Å²) in [4.78, 5) is 17.0. The summed E-state index contributed by atoms with van der Waals surface area (Å²) in [7, 11) is 1.63. The summed E-state index contributed by atoms with van der Waals surface area (Å²) in [6.45, 7) is 3.28. The van der Waals surface area contributed by atoms with Crippen molar-refractivity contribution in [3.05, 3.63) is 22.2 Å². The van der Waals surface area contributed by atoms with Gasteiger partial charge in [-0.05, 0) is 25.7 Å². The van der Waals surface area contributed by atoms with E-state index in [-0.39, 0.29) is 17.5 Å². The van der Waals surface area contributed by atoms with E-state index in [4.69, 9.17) is 10.6 Å². The van der Waals surface area contributed by atoms with Crippen LogP contribution in [-0.2, 0) is 4.74 Å². The van der Waals surface area contributed by atoms with E-state index in [0.29, 0.717) is 24.9 Å². The molecule has 8 nitrogen and oxygen atoms in total. The highest BCUT2D eigenvalue weighted by Crippen LogP contribution is 2.37. The monoisotopic (exact) mass is 295 g/mol. The minimum atomic E-state index is -0.442. The van der Waals surface area contributed by atoms with E-state index >= 15 is 0 Å². The Morgan fingerprint density at radius 2 is 2.33 bits per heavy atom. The van der Waals surface area contributed by atoms with Crippen molar-refractivity contribution in [3.63, 3.8) is 0 Å². The zero-order chi connectivity index (χ0) is 15.4. The smallest absolute Gasteiger partial charge is 0.276 e. The Morgan fingerprint density at radius 3 is 2.86 bits per heavy atom. The van der Waals surface area contributed by atoms with Gasteiger partial charge < -0.3 is 15.1 Å². The van der Waals surface area contributed by atoms with Gasteiger partial charge in [0.1, 0.15) is 11.6 Å². The number of methoxy groups -OCH3 is 1. The Hall–Kier alpha value is -1.93. The number of rotatable bonds is 8. The Morgan fingerprint density at radius 1 is 1.62 bits per heavy atom. The number of hydrogen-bond donors (Lipinski definition) is 2. The molecule has 1 aliphatic carbocycles. The average molecular weight is 295 g/mol. The summed E-state index contributed by atoms with van der Waals surface area (Å²) in [5, 5.41) is 11.0. The molecule has 0 aromatic carbocycles. The molecule has 1 fully saturated rings. The van der Waals surface area contributed by atoms with Gasteiger partial charge in [-0.2, -0.15) is 0 Å². The van der Waals surface area contributed by atoms with Gasteiger partial charge >= 0.3 is 0 Å². The average Bonchev–Trinajstić information content (AvgIpc) is 3.31. The van der Waals surface area contributed by atoms with Crippen LogP contribution in [0.2, 0.25) is 0 Å². The lowest BCUT2D eigenvalue weighted by Gasteiger charge is -2.30. The minimum absolute atomic E-state index is 0.0293.